The van der Waals surface area contributed by atoms with Crippen molar-refractivity contribution in [2.24, 2.45) is 33.8 Å². The zero-order valence-corrected chi connectivity index (χ0v) is 55.3. The number of anilines is 1. The highest BCUT2D eigenvalue weighted by molar-refractivity contribution is 6.02. The van der Waals surface area contributed by atoms with Gasteiger partial charge in [-0.15, -0.1) is 0 Å². The summed E-state index contributed by atoms with van der Waals surface area (Å²) in [4.78, 5) is 153. The lowest BCUT2D eigenvalue weighted by Crippen LogP contribution is -2.68. The van der Waals surface area contributed by atoms with Crippen molar-refractivity contribution in [2.75, 3.05) is 12.3 Å². The van der Waals surface area contributed by atoms with Crippen molar-refractivity contribution >= 4 is 82.1 Å². The van der Waals surface area contributed by atoms with Gasteiger partial charge in [0.1, 0.15) is 23.2 Å². The fourth-order valence-corrected chi connectivity index (χ4v) is 13.8. The van der Waals surface area contributed by atoms with Gasteiger partial charge < -0.3 is 65.9 Å². The summed E-state index contributed by atoms with van der Waals surface area (Å²) in [5.74, 6) is -1.57. The van der Waals surface area contributed by atoms with Gasteiger partial charge in [0.2, 0.25) is 59.1 Å². The number of nitrogens with two attached hydrogens (primary N) is 5. The van der Waals surface area contributed by atoms with Crippen LogP contribution >= 0.6 is 0 Å². The van der Waals surface area contributed by atoms with E-state index < -0.39 is 57.8 Å². The van der Waals surface area contributed by atoms with E-state index in [4.69, 9.17) is 28.7 Å². The van der Waals surface area contributed by atoms with Crippen LogP contribution in [0, 0.1) is 10.8 Å². The number of ketones is 3. The van der Waals surface area contributed by atoms with Gasteiger partial charge in [0.15, 0.2) is 17.3 Å². The molecule has 0 unspecified atom stereocenters. The van der Waals surface area contributed by atoms with E-state index in [0.29, 0.717) is 80.3 Å². The van der Waals surface area contributed by atoms with E-state index in [9.17, 15) is 62.3 Å². The first-order valence-corrected chi connectivity index (χ1v) is 33.6. The highest BCUT2D eigenvalue weighted by atomic mass is 16.2. The Labute approximate surface area is 564 Å². The Bertz CT molecular complexity index is 3590. The van der Waals surface area contributed by atoms with E-state index in [0.717, 1.165) is 106 Å². The summed E-state index contributed by atoms with van der Waals surface area (Å²) in [6.45, 7) is 3.85. The third-order valence-electron chi connectivity index (χ3n) is 19.7. The molecule has 518 valence electrons. The van der Waals surface area contributed by atoms with Crippen LogP contribution in [0.15, 0.2) is 97.1 Å². The largest absolute Gasteiger partial charge is 0.399 e. The van der Waals surface area contributed by atoms with Gasteiger partial charge in [-0.1, -0.05) is 93.5 Å². The van der Waals surface area contributed by atoms with Crippen LogP contribution in [0.2, 0.25) is 0 Å². The molecule has 5 heterocycles. The van der Waals surface area contributed by atoms with Gasteiger partial charge in [0, 0.05) is 54.5 Å². The first kappa shape index (κ1) is 73.2. The Morgan fingerprint density at radius 2 is 0.773 bits per heavy atom. The second-order valence-corrected chi connectivity index (χ2v) is 27.4. The van der Waals surface area contributed by atoms with Gasteiger partial charge in [-0.3, -0.25) is 62.3 Å². The summed E-state index contributed by atoms with van der Waals surface area (Å²) in [6, 6.07) is 25.4. The number of rotatable bonds is 14. The number of nitrogen functional groups attached to an aromatic ring is 1. The summed E-state index contributed by atoms with van der Waals surface area (Å²) in [7, 11) is 0. The molecule has 8 aliphatic rings. The van der Waals surface area contributed by atoms with E-state index >= 15 is 0 Å². The molecule has 97 heavy (non-hydrogen) atoms. The maximum Gasteiger partial charge on any atom is 0.248 e. The molecular weight excluding hydrogens is 1240 g/mol. The van der Waals surface area contributed by atoms with Gasteiger partial charge in [-0.05, 0) is 162 Å². The van der Waals surface area contributed by atoms with E-state index in [1.165, 1.54) is 6.42 Å². The van der Waals surface area contributed by atoms with Crippen molar-refractivity contribution in [3.05, 3.63) is 136 Å². The molecule has 8 fully saturated rings. The van der Waals surface area contributed by atoms with Crippen molar-refractivity contribution in [2.45, 2.75) is 203 Å². The molecule has 0 radical (unpaired) electrons. The number of Topliss-reactive ketones (excluding diaryl/α,β-unsaturated/α-hetero) is 3. The van der Waals surface area contributed by atoms with Crippen LogP contribution in [0.25, 0.3) is 0 Å². The maximum absolute atomic E-state index is 12.5. The molecular formula is C72H92N12O13. The lowest BCUT2D eigenvalue weighted by Gasteiger charge is -2.41. The highest BCUT2D eigenvalue weighted by Crippen LogP contribution is 2.44. The number of piperazine rings is 2. The maximum atomic E-state index is 12.5. The van der Waals surface area contributed by atoms with Crippen LogP contribution in [0.1, 0.15) is 189 Å². The molecule has 4 aromatic carbocycles. The number of nitrogens with one attached hydrogen (secondary N) is 7. The van der Waals surface area contributed by atoms with Crippen molar-refractivity contribution in [3.63, 3.8) is 0 Å². The number of carbonyl (C=O) groups is 13. The van der Waals surface area contributed by atoms with Gasteiger partial charge in [0.25, 0.3) is 0 Å². The second kappa shape index (κ2) is 32.4. The predicted octanol–water partition coefficient (Wildman–Crippen LogP) is 3.12. The van der Waals surface area contributed by atoms with Crippen LogP contribution in [0.4, 0.5) is 5.69 Å². The highest BCUT2D eigenvalue weighted by Gasteiger charge is 2.50. The molecule has 3 spiro atoms. The van der Waals surface area contributed by atoms with Gasteiger partial charge in [0.05, 0.1) is 29.0 Å². The minimum Gasteiger partial charge on any atom is -0.399 e. The van der Waals surface area contributed by atoms with Crippen molar-refractivity contribution in [3.8, 4) is 0 Å². The number of benzene rings is 4. The van der Waals surface area contributed by atoms with Crippen molar-refractivity contribution < 1.29 is 62.3 Å². The Morgan fingerprint density at radius 1 is 0.412 bits per heavy atom. The minimum atomic E-state index is -0.886. The molecule has 5 atom stereocenters. The van der Waals surface area contributed by atoms with E-state index in [1.54, 1.807) is 86.6 Å². The molecule has 25 heteroatoms. The van der Waals surface area contributed by atoms with Crippen LogP contribution in [-0.2, 0) is 73.6 Å². The second-order valence-electron chi connectivity index (χ2n) is 27.4. The van der Waals surface area contributed by atoms with Crippen molar-refractivity contribution in [1.82, 2.24) is 37.2 Å². The standard InChI is InChI=1S/C17H20N2O3.C17H22N2O2.C14H17N3O3.C13H14N2O3.C11H19N3O2/c18-15(21)12-5-3-11(4-6-12)9-13-14(20)10-17(16(22)19-13)7-1-2-8-17;18-13-6-4-12(5-7-13)10-14-15(20)11-17(16(21)19-14)8-2-1-3-9-17;1-14(2)13(20)16-10(12(19)17-14)7-8-3-5-9(6-4-8)11(15)18;14-13(18)9-3-1-8(2-4-9)7-10-11(16)5-6-12(17)15-10;12-7-3-4-8-9(15)14-11(10(16)13-8)5-1-2-6-11/h3-6,13H,1-2,7-10H2,(H2,18,21)(H,19,22);4-7,14H,1-3,8-11,18H2,(H,19,21);3-6,10H,7H2,1-2H3,(H2,15,18)(H,16,20)(H,17,19);1-4,10H,5-7H2,(H2,14,18)(H,15,17);8H,1-7,12H2,(H,13,16)(H,14,15)/t13-;14-;2*10-;8-/m00000/s1. The number of hydrogen-bond acceptors (Lipinski definition) is 15. The zero-order chi connectivity index (χ0) is 70.2. The Hall–Kier alpha value is -9.65. The lowest BCUT2D eigenvalue weighted by molar-refractivity contribution is -0.145. The fraction of sp³-hybridized carbons (Fsp3) is 0.486. The summed E-state index contributed by atoms with van der Waals surface area (Å²) in [5.41, 5.74) is 29.9. The molecule has 5 aliphatic heterocycles. The van der Waals surface area contributed by atoms with E-state index in [2.05, 4.69) is 37.2 Å². The third-order valence-corrected chi connectivity index (χ3v) is 19.7. The Kier molecular flexibility index (Phi) is 24.4. The molecule has 0 aromatic heterocycles. The Morgan fingerprint density at radius 3 is 1.20 bits per heavy atom. The molecule has 5 saturated heterocycles. The molecule has 25 nitrogen and oxygen atoms in total. The van der Waals surface area contributed by atoms with Gasteiger partial charge in [-0.2, -0.15) is 0 Å². The van der Waals surface area contributed by atoms with Crippen LogP contribution in [0.3, 0.4) is 0 Å². The molecule has 12 rings (SSSR count). The predicted molar refractivity (Wildman–Crippen MR) is 360 cm³/mol. The smallest absolute Gasteiger partial charge is 0.248 e. The number of primary amides is 3. The first-order chi connectivity index (χ1) is 46.1. The molecule has 17 N–H and O–H groups in total. The monoisotopic (exact) mass is 1330 g/mol. The molecule has 10 amide bonds. The number of amides is 10. The molecule has 0 bridgehead atoms. The fourth-order valence-electron chi connectivity index (χ4n) is 13.8. The topological polar surface area (TPSA) is 436 Å². The van der Waals surface area contributed by atoms with E-state index in [1.807, 2.05) is 24.3 Å². The number of hydrogen-bond donors (Lipinski definition) is 12. The van der Waals surface area contributed by atoms with Gasteiger partial charge >= 0.3 is 0 Å². The summed E-state index contributed by atoms with van der Waals surface area (Å²) in [5, 5.41) is 19.7. The Balaban J connectivity index is 0.000000156. The number of carbonyl (C=O) groups excluding carboxylic acids is 13. The van der Waals surface area contributed by atoms with Crippen LogP contribution < -0.4 is 65.9 Å². The lowest BCUT2D eigenvalue weighted by atomic mass is 9.67. The molecule has 3 aliphatic carbocycles. The average Bonchev–Trinajstić information content (AvgIpc) is 1.71. The zero-order valence-electron chi connectivity index (χ0n) is 55.3. The number of piperidine rings is 3. The van der Waals surface area contributed by atoms with Crippen LogP contribution in [-0.4, -0.2) is 124 Å². The van der Waals surface area contributed by atoms with Crippen molar-refractivity contribution in [1.29, 1.82) is 0 Å². The molecule has 4 aromatic rings. The quantitative estimate of drug-likeness (QED) is 0.0807. The summed E-state index contributed by atoms with van der Waals surface area (Å²) >= 11 is 0. The average molecular weight is 1330 g/mol. The minimum absolute atomic E-state index is 0.00776. The summed E-state index contributed by atoms with van der Waals surface area (Å²) in [6.07, 6.45) is 16.9. The summed E-state index contributed by atoms with van der Waals surface area (Å²) < 4.78 is 0. The van der Waals surface area contributed by atoms with Crippen LogP contribution in [0.5, 0.6) is 0 Å². The molecule has 3 saturated carbocycles. The SMILES string of the molecule is CC1(C)NC(=O)[C@H](Cc2ccc(C(N)=O)cc2)NC1=O.NC(=O)c1ccc(C[C@@H]2NC(=O)C3(CCCC3)CC2=O)cc1.NC(=O)c1ccc(C[C@@H]2NC(=O)CCC2=O)cc1.NCCC[C@@H]1NC(=O)C2(CCCC2)NC1=O.Nc1ccc(C[C@@H]2NC(=O)C3(CCCCC3)CC2=O)cc1. The third kappa shape index (κ3) is 19.1. The van der Waals surface area contributed by atoms with Gasteiger partial charge in [-0.25, -0.2) is 0 Å². The van der Waals surface area contributed by atoms with E-state index in [-0.39, 0.29) is 77.2 Å². The first-order valence-electron chi connectivity index (χ1n) is 33.6. The normalized spacial score (nSPS) is 23.3.